The molecule has 2 aromatic carbocycles. The van der Waals surface area contributed by atoms with Gasteiger partial charge in [-0.1, -0.05) is 15.9 Å². The van der Waals surface area contributed by atoms with E-state index in [1.807, 2.05) is 12.1 Å². The molecule has 0 radical (unpaired) electrons. The fourth-order valence-electron chi connectivity index (χ4n) is 2.84. The average Bonchev–Trinajstić information content (AvgIpc) is 3.51. The van der Waals surface area contributed by atoms with Crippen LogP contribution in [0.3, 0.4) is 0 Å². The fourth-order valence-corrected chi connectivity index (χ4v) is 3.22. The van der Waals surface area contributed by atoms with Crippen molar-refractivity contribution < 1.29 is 18.7 Å². The van der Waals surface area contributed by atoms with Gasteiger partial charge in [0, 0.05) is 40.3 Å². The Bertz CT molecular complexity index is 865. The first-order valence-electron chi connectivity index (χ1n) is 8.66. The van der Waals surface area contributed by atoms with Crippen LogP contribution in [0, 0.1) is 5.82 Å². The number of nitrogens with zero attached hydrogens (tertiary/aromatic N) is 1. The zero-order valence-corrected chi connectivity index (χ0v) is 16.8. The molecule has 1 aliphatic rings. The molecular formula is C21H21BrFNO3. The van der Waals surface area contributed by atoms with Gasteiger partial charge in [-0.2, -0.15) is 0 Å². The second-order valence-electron chi connectivity index (χ2n) is 6.37. The number of methoxy groups -OCH3 is 2. The number of carbonyl (C=O) groups excluding carboxylic acids is 1. The van der Waals surface area contributed by atoms with Gasteiger partial charge in [-0.15, -0.1) is 0 Å². The maximum Gasteiger partial charge on any atom is 0.247 e. The Morgan fingerprint density at radius 2 is 2.00 bits per heavy atom. The van der Waals surface area contributed by atoms with Crippen LogP contribution >= 0.6 is 15.9 Å². The predicted octanol–water partition coefficient (Wildman–Crippen LogP) is 4.81. The molecule has 0 saturated heterocycles. The highest BCUT2D eigenvalue weighted by Crippen LogP contribution is 2.32. The number of benzene rings is 2. The number of rotatable bonds is 7. The third-order valence-electron chi connectivity index (χ3n) is 4.47. The molecule has 6 heteroatoms. The molecule has 0 aliphatic heterocycles. The Morgan fingerprint density at radius 3 is 2.67 bits per heavy atom. The summed E-state index contributed by atoms with van der Waals surface area (Å²) in [5.74, 6) is 0.867. The van der Waals surface area contributed by atoms with E-state index in [1.165, 1.54) is 18.2 Å². The standard InChI is InChI=1S/C21H21BrFNO3/c1-26-18-8-3-15(20(12-18)27-2)13-24(17-6-7-17)21(25)10-4-14-11-16(22)5-9-19(14)23/h3-5,8-12,17H,6-7,13H2,1-2H3/b10-4+. The van der Waals surface area contributed by atoms with Gasteiger partial charge in [0.15, 0.2) is 0 Å². The first-order chi connectivity index (χ1) is 13.0. The monoisotopic (exact) mass is 433 g/mol. The van der Waals surface area contributed by atoms with Crippen LogP contribution < -0.4 is 9.47 Å². The molecule has 0 heterocycles. The van der Waals surface area contributed by atoms with Gasteiger partial charge in [0.05, 0.1) is 14.2 Å². The molecule has 2 aromatic rings. The lowest BCUT2D eigenvalue weighted by molar-refractivity contribution is -0.127. The third-order valence-corrected chi connectivity index (χ3v) is 4.96. The first kappa shape index (κ1) is 19.4. The molecule has 4 nitrogen and oxygen atoms in total. The summed E-state index contributed by atoms with van der Waals surface area (Å²) in [6.45, 7) is 0.433. The Morgan fingerprint density at radius 1 is 1.22 bits per heavy atom. The van der Waals surface area contributed by atoms with E-state index in [0.717, 1.165) is 22.9 Å². The van der Waals surface area contributed by atoms with Gasteiger partial charge in [0.25, 0.3) is 0 Å². The van der Waals surface area contributed by atoms with Crippen LogP contribution in [0.15, 0.2) is 46.9 Å². The minimum atomic E-state index is -0.364. The molecule has 1 aliphatic carbocycles. The molecule has 1 fully saturated rings. The second kappa shape index (κ2) is 8.57. The molecule has 1 saturated carbocycles. The van der Waals surface area contributed by atoms with E-state index < -0.39 is 0 Å². The second-order valence-corrected chi connectivity index (χ2v) is 7.29. The topological polar surface area (TPSA) is 38.8 Å². The minimum Gasteiger partial charge on any atom is -0.497 e. The Hall–Kier alpha value is -2.34. The first-order valence-corrected chi connectivity index (χ1v) is 9.45. The van der Waals surface area contributed by atoms with Crippen molar-refractivity contribution in [3.05, 3.63) is 63.9 Å². The number of halogens is 2. The van der Waals surface area contributed by atoms with E-state index >= 15 is 0 Å². The fraction of sp³-hybridized carbons (Fsp3) is 0.286. The summed E-state index contributed by atoms with van der Waals surface area (Å²) in [5.41, 5.74) is 1.27. The summed E-state index contributed by atoms with van der Waals surface area (Å²) in [4.78, 5) is 14.6. The highest BCUT2D eigenvalue weighted by molar-refractivity contribution is 9.10. The molecule has 27 heavy (non-hydrogen) atoms. The van der Waals surface area contributed by atoms with Gasteiger partial charge in [0.1, 0.15) is 17.3 Å². The maximum atomic E-state index is 13.9. The lowest BCUT2D eigenvalue weighted by Gasteiger charge is -2.22. The molecule has 3 rings (SSSR count). The number of amides is 1. The maximum absolute atomic E-state index is 13.9. The van der Waals surface area contributed by atoms with E-state index in [9.17, 15) is 9.18 Å². The van der Waals surface area contributed by atoms with Gasteiger partial charge in [-0.3, -0.25) is 4.79 Å². The van der Waals surface area contributed by atoms with E-state index in [0.29, 0.717) is 23.6 Å². The highest BCUT2D eigenvalue weighted by Gasteiger charge is 2.32. The largest absolute Gasteiger partial charge is 0.497 e. The van der Waals surface area contributed by atoms with Gasteiger partial charge < -0.3 is 14.4 Å². The van der Waals surface area contributed by atoms with Crippen molar-refractivity contribution in [1.29, 1.82) is 0 Å². The lowest BCUT2D eigenvalue weighted by Crippen LogP contribution is -2.31. The molecule has 0 spiro atoms. The summed E-state index contributed by atoms with van der Waals surface area (Å²) < 4.78 is 25.3. The summed E-state index contributed by atoms with van der Waals surface area (Å²) in [5, 5.41) is 0. The predicted molar refractivity (Wildman–Crippen MR) is 106 cm³/mol. The number of ether oxygens (including phenoxy) is 2. The quantitative estimate of drug-likeness (QED) is 0.588. The third kappa shape index (κ3) is 4.89. The van der Waals surface area contributed by atoms with Crippen molar-refractivity contribution in [2.45, 2.75) is 25.4 Å². The summed E-state index contributed by atoms with van der Waals surface area (Å²) in [6, 6.07) is 10.4. The van der Waals surface area contributed by atoms with Gasteiger partial charge >= 0.3 is 0 Å². The van der Waals surface area contributed by atoms with Crippen molar-refractivity contribution in [2.24, 2.45) is 0 Å². The zero-order chi connectivity index (χ0) is 19.4. The minimum absolute atomic E-state index is 0.144. The Balaban J connectivity index is 1.79. The van der Waals surface area contributed by atoms with Crippen molar-refractivity contribution in [3.63, 3.8) is 0 Å². The summed E-state index contributed by atoms with van der Waals surface area (Å²) in [7, 11) is 3.19. The van der Waals surface area contributed by atoms with Crippen molar-refractivity contribution in [2.75, 3.05) is 14.2 Å². The number of hydrogen-bond donors (Lipinski definition) is 0. The average molecular weight is 434 g/mol. The molecule has 0 bridgehead atoms. The zero-order valence-electron chi connectivity index (χ0n) is 15.2. The summed E-state index contributed by atoms with van der Waals surface area (Å²) in [6.07, 6.45) is 4.90. The number of carbonyl (C=O) groups is 1. The normalized spacial score (nSPS) is 13.6. The lowest BCUT2D eigenvalue weighted by atomic mass is 10.1. The van der Waals surface area contributed by atoms with Crippen LogP contribution in [0.4, 0.5) is 4.39 Å². The van der Waals surface area contributed by atoms with E-state index in [4.69, 9.17) is 9.47 Å². The van der Waals surface area contributed by atoms with Gasteiger partial charge in [-0.05, 0) is 49.2 Å². The van der Waals surface area contributed by atoms with Crippen molar-refractivity contribution >= 4 is 27.9 Å². The summed E-state index contributed by atoms with van der Waals surface area (Å²) >= 11 is 3.32. The van der Waals surface area contributed by atoms with Gasteiger partial charge in [0.2, 0.25) is 5.91 Å². The molecule has 1 amide bonds. The van der Waals surface area contributed by atoms with Crippen LogP contribution in [0.1, 0.15) is 24.0 Å². The Labute approximate surface area is 166 Å². The van der Waals surface area contributed by atoms with E-state index in [1.54, 1.807) is 37.3 Å². The van der Waals surface area contributed by atoms with Crippen LogP contribution in [0.5, 0.6) is 11.5 Å². The van der Waals surface area contributed by atoms with Crippen LogP contribution in [0.2, 0.25) is 0 Å². The molecule has 0 N–H and O–H groups in total. The van der Waals surface area contributed by atoms with Crippen LogP contribution in [-0.4, -0.2) is 31.1 Å². The molecular weight excluding hydrogens is 413 g/mol. The van der Waals surface area contributed by atoms with Crippen molar-refractivity contribution in [3.8, 4) is 11.5 Å². The van der Waals surface area contributed by atoms with E-state index in [-0.39, 0.29) is 17.8 Å². The van der Waals surface area contributed by atoms with Gasteiger partial charge in [-0.25, -0.2) is 4.39 Å². The van der Waals surface area contributed by atoms with Crippen LogP contribution in [0.25, 0.3) is 6.08 Å². The highest BCUT2D eigenvalue weighted by atomic mass is 79.9. The van der Waals surface area contributed by atoms with Crippen molar-refractivity contribution in [1.82, 2.24) is 4.90 Å². The van der Waals surface area contributed by atoms with Crippen LogP contribution in [-0.2, 0) is 11.3 Å². The SMILES string of the molecule is COc1ccc(CN(C(=O)/C=C/c2cc(Br)ccc2F)C2CC2)c(OC)c1. The molecule has 142 valence electrons. The molecule has 0 aromatic heterocycles. The van der Waals surface area contributed by atoms with E-state index in [2.05, 4.69) is 15.9 Å². The Kier molecular flexibility index (Phi) is 6.16. The smallest absolute Gasteiger partial charge is 0.247 e. The molecule has 0 unspecified atom stereocenters. The number of hydrogen-bond acceptors (Lipinski definition) is 3. The molecule has 0 atom stereocenters.